The molecule has 0 atom stereocenters. The number of aromatic nitrogens is 1. The van der Waals surface area contributed by atoms with Crippen molar-refractivity contribution in [2.45, 2.75) is 44.6 Å². The zero-order chi connectivity index (χ0) is 15.4. The number of rotatable bonds is 3. The fourth-order valence-electron chi connectivity index (χ4n) is 3.41. The van der Waals surface area contributed by atoms with Crippen molar-refractivity contribution >= 4 is 11.8 Å². The predicted molar refractivity (Wildman–Crippen MR) is 83.3 cm³/mol. The van der Waals surface area contributed by atoms with E-state index in [-0.39, 0.29) is 23.8 Å². The first-order valence-electron chi connectivity index (χ1n) is 8.24. The van der Waals surface area contributed by atoms with Crippen LogP contribution in [-0.2, 0) is 4.79 Å². The summed E-state index contributed by atoms with van der Waals surface area (Å²) in [6.07, 6.45) is 9.37. The molecule has 2 amide bonds. The Morgan fingerprint density at radius 1 is 1.14 bits per heavy atom. The summed E-state index contributed by atoms with van der Waals surface area (Å²) in [7, 11) is 0. The van der Waals surface area contributed by atoms with Gasteiger partial charge >= 0.3 is 0 Å². The van der Waals surface area contributed by atoms with E-state index < -0.39 is 0 Å². The molecule has 1 aromatic rings. The van der Waals surface area contributed by atoms with Crippen molar-refractivity contribution in [3.63, 3.8) is 0 Å². The molecular weight excluding hydrogens is 278 g/mol. The molecule has 0 aromatic carbocycles. The van der Waals surface area contributed by atoms with Gasteiger partial charge in [-0.3, -0.25) is 14.6 Å². The molecule has 1 aliphatic heterocycles. The van der Waals surface area contributed by atoms with E-state index >= 15 is 0 Å². The van der Waals surface area contributed by atoms with Crippen LogP contribution in [-0.4, -0.2) is 40.8 Å². The molecule has 5 heteroatoms. The van der Waals surface area contributed by atoms with E-state index in [1.807, 2.05) is 4.90 Å². The van der Waals surface area contributed by atoms with E-state index in [0.29, 0.717) is 18.7 Å². The van der Waals surface area contributed by atoms with Crippen LogP contribution in [0.3, 0.4) is 0 Å². The SMILES string of the molecule is O=C(NC1CCN(C(=O)c2cccnc2)CC1)C1CCCC1. The average Bonchev–Trinajstić information content (AvgIpc) is 3.10. The topological polar surface area (TPSA) is 62.3 Å². The van der Waals surface area contributed by atoms with E-state index in [1.54, 1.807) is 24.5 Å². The van der Waals surface area contributed by atoms with Crippen molar-refractivity contribution < 1.29 is 9.59 Å². The van der Waals surface area contributed by atoms with Crippen LogP contribution in [0.1, 0.15) is 48.9 Å². The van der Waals surface area contributed by atoms with Gasteiger partial charge in [-0.25, -0.2) is 0 Å². The number of pyridine rings is 1. The summed E-state index contributed by atoms with van der Waals surface area (Å²) >= 11 is 0. The summed E-state index contributed by atoms with van der Waals surface area (Å²) < 4.78 is 0. The predicted octanol–water partition coefficient (Wildman–Crippen LogP) is 1.99. The first-order chi connectivity index (χ1) is 10.7. The van der Waals surface area contributed by atoms with Crippen LogP contribution >= 0.6 is 0 Å². The molecule has 1 aliphatic carbocycles. The molecular formula is C17H23N3O2. The first-order valence-corrected chi connectivity index (χ1v) is 8.24. The van der Waals surface area contributed by atoms with Crippen LogP contribution in [0.2, 0.25) is 0 Å². The van der Waals surface area contributed by atoms with Gasteiger partial charge in [0.25, 0.3) is 5.91 Å². The molecule has 0 radical (unpaired) electrons. The molecule has 2 fully saturated rings. The number of hydrogen-bond donors (Lipinski definition) is 1. The van der Waals surface area contributed by atoms with Gasteiger partial charge in [0, 0.05) is 37.4 Å². The maximum Gasteiger partial charge on any atom is 0.255 e. The quantitative estimate of drug-likeness (QED) is 0.928. The Kier molecular flexibility index (Phi) is 4.71. The van der Waals surface area contributed by atoms with Crippen LogP contribution in [0, 0.1) is 5.92 Å². The van der Waals surface area contributed by atoms with Gasteiger partial charge in [-0.15, -0.1) is 0 Å². The Balaban J connectivity index is 1.48. The zero-order valence-corrected chi connectivity index (χ0v) is 12.8. The lowest BCUT2D eigenvalue weighted by Crippen LogP contribution is -2.47. The monoisotopic (exact) mass is 301 g/mol. The Morgan fingerprint density at radius 2 is 1.86 bits per heavy atom. The van der Waals surface area contributed by atoms with Gasteiger partial charge in [0.2, 0.25) is 5.91 Å². The third kappa shape index (κ3) is 3.46. The molecule has 0 bridgehead atoms. The minimum absolute atomic E-state index is 0.0358. The van der Waals surface area contributed by atoms with Crippen LogP contribution in [0.4, 0.5) is 0 Å². The number of carbonyl (C=O) groups excluding carboxylic acids is 2. The molecule has 3 rings (SSSR count). The summed E-state index contributed by atoms with van der Waals surface area (Å²) in [4.78, 5) is 30.3. The molecule has 5 nitrogen and oxygen atoms in total. The summed E-state index contributed by atoms with van der Waals surface area (Å²) in [6.45, 7) is 1.40. The molecule has 1 aromatic heterocycles. The van der Waals surface area contributed by atoms with Crippen molar-refractivity contribution in [3.8, 4) is 0 Å². The molecule has 22 heavy (non-hydrogen) atoms. The van der Waals surface area contributed by atoms with E-state index in [9.17, 15) is 9.59 Å². The van der Waals surface area contributed by atoms with E-state index in [2.05, 4.69) is 10.3 Å². The number of hydrogen-bond acceptors (Lipinski definition) is 3. The number of nitrogens with zero attached hydrogens (tertiary/aromatic N) is 2. The second-order valence-corrected chi connectivity index (χ2v) is 6.30. The largest absolute Gasteiger partial charge is 0.353 e. The third-order valence-electron chi connectivity index (χ3n) is 4.76. The lowest BCUT2D eigenvalue weighted by Gasteiger charge is -2.33. The summed E-state index contributed by atoms with van der Waals surface area (Å²) in [5.41, 5.74) is 0.635. The fraction of sp³-hybridized carbons (Fsp3) is 0.588. The molecule has 118 valence electrons. The minimum atomic E-state index is 0.0358. The van der Waals surface area contributed by atoms with Crippen molar-refractivity contribution in [2.75, 3.05) is 13.1 Å². The van der Waals surface area contributed by atoms with Gasteiger partial charge in [0.05, 0.1) is 5.56 Å². The van der Waals surface area contributed by atoms with Crippen molar-refractivity contribution in [3.05, 3.63) is 30.1 Å². The van der Waals surface area contributed by atoms with Crippen LogP contribution in [0.5, 0.6) is 0 Å². The molecule has 2 heterocycles. The Morgan fingerprint density at radius 3 is 2.50 bits per heavy atom. The highest BCUT2D eigenvalue weighted by Gasteiger charge is 2.28. The number of nitrogens with one attached hydrogen (secondary N) is 1. The first kappa shape index (κ1) is 15.0. The fourth-order valence-corrected chi connectivity index (χ4v) is 3.41. The van der Waals surface area contributed by atoms with E-state index in [4.69, 9.17) is 0 Å². The zero-order valence-electron chi connectivity index (χ0n) is 12.8. The van der Waals surface area contributed by atoms with Crippen LogP contribution in [0.25, 0.3) is 0 Å². The number of amides is 2. The highest BCUT2D eigenvalue weighted by molar-refractivity contribution is 5.93. The van der Waals surface area contributed by atoms with Crippen LogP contribution < -0.4 is 5.32 Å². The molecule has 1 N–H and O–H groups in total. The Labute approximate surface area is 131 Å². The lowest BCUT2D eigenvalue weighted by molar-refractivity contribution is -0.125. The van der Waals surface area contributed by atoms with E-state index in [0.717, 1.165) is 25.7 Å². The van der Waals surface area contributed by atoms with Crippen molar-refractivity contribution in [2.24, 2.45) is 5.92 Å². The lowest BCUT2D eigenvalue weighted by atomic mass is 10.0. The standard InChI is InChI=1S/C17H23N3O2/c21-16(13-4-1-2-5-13)19-15-7-10-20(11-8-15)17(22)14-6-3-9-18-12-14/h3,6,9,12-13,15H,1-2,4-5,7-8,10-11H2,(H,19,21). The minimum Gasteiger partial charge on any atom is -0.353 e. The van der Waals surface area contributed by atoms with Gasteiger partial charge in [-0.1, -0.05) is 12.8 Å². The summed E-state index contributed by atoms with van der Waals surface area (Å²) in [5, 5.41) is 3.17. The maximum atomic E-state index is 12.3. The number of piperidine rings is 1. The molecule has 0 unspecified atom stereocenters. The second-order valence-electron chi connectivity index (χ2n) is 6.30. The second kappa shape index (κ2) is 6.90. The highest BCUT2D eigenvalue weighted by atomic mass is 16.2. The van der Waals surface area contributed by atoms with Crippen LogP contribution in [0.15, 0.2) is 24.5 Å². The van der Waals surface area contributed by atoms with Gasteiger partial charge in [-0.05, 0) is 37.8 Å². The Bertz CT molecular complexity index is 518. The molecule has 0 spiro atoms. The summed E-state index contributed by atoms with van der Waals surface area (Å²) in [6, 6.07) is 3.79. The van der Waals surface area contributed by atoms with E-state index in [1.165, 1.54) is 12.8 Å². The van der Waals surface area contributed by atoms with Crippen molar-refractivity contribution in [1.82, 2.24) is 15.2 Å². The smallest absolute Gasteiger partial charge is 0.255 e. The molecule has 2 aliphatic rings. The number of likely N-dealkylation sites (tertiary alicyclic amines) is 1. The Hall–Kier alpha value is -1.91. The normalized spacial score (nSPS) is 20.1. The maximum absolute atomic E-state index is 12.3. The summed E-state index contributed by atoms with van der Waals surface area (Å²) in [5.74, 6) is 0.471. The van der Waals surface area contributed by atoms with Gasteiger partial charge in [0.1, 0.15) is 0 Å². The van der Waals surface area contributed by atoms with Gasteiger partial charge in [0.15, 0.2) is 0 Å². The molecule has 1 saturated heterocycles. The average molecular weight is 301 g/mol. The molecule has 1 saturated carbocycles. The van der Waals surface area contributed by atoms with Gasteiger partial charge in [-0.2, -0.15) is 0 Å². The number of carbonyl (C=O) groups is 2. The van der Waals surface area contributed by atoms with Crippen molar-refractivity contribution in [1.29, 1.82) is 0 Å². The van der Waals surface area contributed by atoms with Gasteiger partial charge < -0.3 is 10.2 Å². The highest BCUT2D eigenvalue weighted by Crippen LogP contribution is 2.25. The third-order valence-corrected chi connectivity index (χ3v) is 4.76.